The van der Waals surface area contributed by atoms with E-state index in [0.29, 0.717) is 0 Å². The quantitative estimate of drug-likeness (QED) is 0.516. The second-order valence-corrected chi connectivity index (χ2v) is 2.50. The summed E-state index contributed by atoms with van der Waals surface area (Å²) in [5.74, 6) is -0.218. The van der Waals surface area contributed by atoms with Crippen LogP contribution in [-0.4, -0.2) is 18.2 Å². The molecular formula is C6H11NO2. The minimum Gasteiger partial charge on any atom is -0.444 e. The fraction of sp³-hybridized carbons (Fsp3) is 0.833. The molecule has 1 aliphatic heterocycles. The van der Waals surface area contributed by atoms with Crippen molar-refractivity contribution in [1.29, 1.82) is 0 Å². The standard InChI is InChI=1S/C6H11NO2/c1-5(8)9-6(2)3-4-7-6/h7H,3-4H2,1-2H3/t6-/m1/s1. The number of rotatable bonds is 1. The van der Waals surface area contributed by atoms with Crippen LogP contribution in [0.1, 0.15) is 20.3 Å². The van der Waals surface area contributed by atoms with Gasteiger partial charge in [-0.1, -0.05) is 0 Å². The molecule has 0 bridgehead atoms. The Bertz CT molecular complexity index is 129. The van der Waals surface area contributed by atoms with E-state index in [1.165, 1.54) is 6.92 Å². The van der Waals surface area contributed by atoms with Gasteiger partial charge in [-0.05, 0) is 6.92 Å². The highest BCUT2D eigenvalue weighted by Crippen LogP contribution is 2.18. The van der Waals surface area contributed by atoms with E-state index in [-0.39, 0.29) is 11.7 Å². The summed E-state index contributed by atoms with van der Waals surface area (Å²) < 4.78 is 4.92. The van der Waals surface area contributed by atoms with Crippen LogP contribution in [-0.2, 0) is 9.53 Å². The van der Waals surface area contributed by atoms with E-state index >= 15 is 0 Å². The average molecular weight is 129 g/mol. The van der Waals surface area contributed by atoms with Gasteiger partial charge in [-0.25, -0.2) is 0 Å². The van der Waals surface area contributed by atoms with Crippen LogP contribution in [0.3, 0.4) is 0 Å². The van der Waals surface area contributed by atoms with Gasteiger partial charge in [0.25, 0.3) is 0 Å². The van der Waals surface area contributed by atoms with Gasteiger partial charge in [0, 0.05) is 19.9 Å². The summed E-state index contributed by atoms with van der Waals surface area (Å²) in [6, 6.07) is 0. The molecule has 1 fully saturated rings. The number of esters is 1. The maximum atomic E-state index is 10.4. The van der Waals surface area contributed by atoms with Gasteiger partial charge in [-0.15, -0.1) is 0 Å². The molecule has 1 atom stereocenters. The van der Waals surface area contributed by atoms with Crippen LogP contribution in [0, 0.1) is 0 Å². The largest absolute Gasteiger partial charge is 0.444 e. The molecule has 0 unspecified atom stereocenters. The van der Waals surface area contributed by atoms with Crippen LogP contribution in [0.5, 0.6) is 0 Å². The molecule has 9 heavy (non-hydrogen) atoms. The third kappa shape index (κ3) is 1.42. The van der Waals surface area contributed by atoms with Crippen molar-refractivity contribution in [3.63, 3.8) is 0 Å². The molecule has 1 aliphatic rings. The summed E-state index contributed by atoms with van der Waals surface area (Å²) in [6.45, 7) is 4.24. The van der Waals surface area contributed by atoms with E-state index in [9.17, 15) is 4.79 Å². The molecule has 0 spiro atoms. The lowest BCUT2D eigenvalue weighted by Gasteiger charge is -2.38. The SMILES string of the molecule is CC(=O)O[C@]1(C)CCN1. The first-order valence-corrected chi connectivity index (χ1v) is 3.07. The fourth-order valence-electron chi connectivity index (χ4n) is 0.881. The van der Waals surface area contributed by atoms with E-state index in [0.717, 1.165) is 13.0 Å². The first-order valence-electron chi connectivity index (χ1n) is 3.07. The Morgan fingerprint density at radius 3 is 2.44 bits per heavy atom. The average Bonchev–Trinajstić information content (AvgIpc) is 1.60. The number of nitrogens with one attached hydrogen (secondary N) is 1. The highest BCUT2D eigenvalue weighted by Gasteiger charge is 2.33. The van der Waals surface area contributed by atoms with Crippen LogP contribution in [0.4, 0.5) is 0 Å². The lowest BCUT2D eigenvalue weighted by Crippen LogP contribution is -2.57. The molecule has 0 aromatic carbocycles. The summed E-state index contributed by atoms with van der Waals surface area (Å²) in [6.07, 6.45) is 0.923. The van der Waals surface area contributed by atoms with Crippen molar-refractivity contribution in [2.45, 2.75) is 26.0 Å². The van der Waals surface area contributed by atoms with Crippen LogP contribution < -0.4 is 5.32 Å². The molecule has 1 N–H and O–H groups in total. The zero-order chi connectivity index (χ0) is 6.91. The predicted octanol–water partition coefficient (Wildman–Crippen LogP) is 0.259. The van der Waals surface area contributed by atoms with E-state index in [2.05, 4.69) is 5.32 Å². The Balaban J connectivity index is 2.33. The predicted molar refractivity (Wildman–Crippen MR) is 32.8 cm³/mol. The molecule has 0 radical (unpaired) electrons. The van der Waals surface area contributed by atoms with E-state index < -0.39 is 0 Å². The number of carbonyl (C=O) groups excluding carboxylic acids is 1. The summed E-state index contributed by atoms with van der Waals surface area (Å²) in [5, 5.41) is 3.01. The maximum Gasteiger partial charge on any atom is 0.304 e. The van der Waals surface area contributed by atoms with Crippen molar-refractivity contribution in [3.05, 3.63) is 0 Å². The molecular weight excluding hydrogens is 118 g/mol. The summed E-state index contributed by atoms with van der Waals surface area (Å²) in [4.78, 5) is 10.4. The zero-order valence-electron chi connectivity index (χ0n) is 5.73. The molecule has 0 amide bonds. The summed E-state index contributed by atoms with van der Waals surface area (Å²) >= 11 is 0. The van der Waals surface area contributed by atoms with Crippen molar-refractivity contribution in [2.24, 2.45) is 0 Å². The molecule has 1 heterocycles. The molecule has 0 aromatic heterocycles. The second-order valence-electron chi connectivity index (χ2n) is 2.50. The van der Waals surface area contributed by atoms with Crippen molar-refractivity contribution in [1.82, 2.24) is 5.32 Å². The molecule has 1 rings (SSSR count). The molecule has 3 nitrogen and oxygen atoms in total. The van der Waals surface area contributed by atoms with Gasteiger partial charge >= 0.3 is 5.97 Å². The highest BCUT2D eigenvalue weighted by molar-refractivity contribution is 5.66. The number of carbonyl (C=O) groups is 1. The van der Waals surface area contributed by atoms with Gasteiger partial charge in [0.1, 0.15) is 0 Å². The van der Waals surface area contributed by atoms with Crippen molar-refractivity contribution in [2.75, 3.05) is 6.54 Å². The summed E-state index contributed by atoms with van der Waals surface area (Å²) in [7, 11) is 0. The lowest BCUT2D eigenvalue weighted by atomic mass is 10.1. The first kappa shape index (κ1) is 6.55. The number of hydrogen-bond donors (Lipinski definition) is 1. The smallest absolute Gasteiger partial charge is 0.304 e. The Labute approximate surface area is 54.4 Å². The van der Waals surface area contributed by atoms with Crippen LogP contribution >= 0.6 is 0 Å². The molecule has 0 aromatic rings. The van der Waals surface area contributed by atoms with E-state index in [1.54, 1.807) is 0 Å². The second kappa shape index (κ2) is 1.99. The molecule has 52 valence electrons. The van der Waals surface area contributed by atoms with E-state index in [1.807, 2.05) is 6.92 Å². The molecule has 1 saturated heterocycles. The third-order valence-electron chi connectivity index (χ3n) is 1.47. The van der Waals surface area contributed by atoms with Crippen LogP contribution in [0.25, 0.3) is 0 Å². The van der Waals surface area contributed by atoms with Gasteiger partial charge in [-0.2, -0.15) is 0 Å². The number of hydrogen-bond acceptors (Lipinski definition) is 3. The maximum absolute atomic E-state index is 10.4. The van der Waals surface area contributed by atoms with Crippen molar-refractivity contribution in [3.8, 4) is 0 Å². The molecule has 3 heteroatoms. The lowest BCUT2D eigenvalue weighted by molar-refractivity contribution is -0.167. The summed E-state index contributed by atoms with van der Waals surface area (Å²) in [5.41, 5.74) is -0.355. The van der Waals surface area contributed by atoms with Gasteiger partial charge < -0.3 is 4.74 Å². The minimum atomic E-state index is -0.355. The van der Waals surface area contributed by atoms with Crippen molar-refractivity contribution < 1.29 is 9.53 Å². The Kier molecular flexibility index (Phi) is 1.45. The normalized spacial score (nSPS) is 33.1. The first-order chi connectivity index (χ1) is 4.12. The minimum absolute atomic E-state index is 0.218. The van der Waals surface area contributed by atoms with Crippen LogP contribution in [0.15, 0.2) is 0 Å². The van der Waals surface area contributed by atoms with Gasteiger partial charge in [0.2, 0.25) is 0 Å². The topological polar surface area (TPSA) is 38.3 Å². The Hall–Kier alpha value is -0.570. The Morgan fingerprint density at radius 2 is 2.33 bits per heavy atom. The zero-order valence-corrected chi connectivity index (χ0v) is 5.73. The monoisotopic (exact) mass is 129 g/mol. The van der Waals surface area contributed by atoms with E-state index in [4.69, 9.17) is 4.74 Å². The third-order valence-corrected chi connectivity index (χ3v) is 1.47. The van der Waals surface area contributed by atoms with Gasteiger partial charge in [-0.3, -0.25) is 10.1 Å². The molecule has 0 saturated carbocycles. The van der Waals surface area contributed by atoms with Crippen molar-refractivity contribution >= 4 is 5.97 Å². The number of ether oxygens (including phenoxy) is 1. The van der Waals surface area contributed by atoms with Gasteiger partial charge in [0.05, 0.1) is 0 Å². The highest BCUT2D eigenvalue weighted by atomic mass is 16.6. The van der Waals surface area contributed by atoms with Gasteiger partial charge in [0.15, 0.2) is 5.72 Å². The van der Waals surface area contributed by atoms with Crippen LogP contribution in [0.2, 0.25) is 0 Å². The fourth-order valence-corrected chi connectivity index (χ4v) is 0.881. The Morgan fingerprint density at radius 1 is 1.78 bits per heavy atom. The molecule has 0 aliphatic carbocycles.